The summed E-state index contributed by atoms with van der Waals surface area (Å²) in [5.41, 5.74) is 1.92. The van der Waals surface area contributed by atoms with Crippen LogP contribution in [0.5, 0.6) is 0 Å². The van der Waals surface area contributed by atoms with Gasteiger partial charge in [0.15, 0.2) is 0 Å². The zero-order valence-corrected chi connectivity index (χ0v) is 11.9. The van der Waals surface area contributed by atoms with Crippen molar-refractivity contribution in [2.75, 3.05) is 16.0 Å². The van der Waals surface area contributed by atoms with Crippen molar-refractivity contribution in [1.82, 2.24) is 0 Å². The van der Waals surface area contributed by atoms with Gasteiger partial charge in [-0.25, -0.2) is 4.79 Å². The fourth-order valence-electron chi connectivity index (χ4n) is 1.85. The number of hydrogen-bond donors (Lipinski definition) is 3. The van der Waals surface area contributed by atoms with Gasteiger partial charge in [-0.05, 0) is 30.3 Å². The summed E-state index contributed by atoms with van der Waals surface area (Å²) in [6, 6.07) is 15.0. The summed E-state index contributed by atoms with van der Waals surface area (Å²) >= 11 is 0. The molecule has 0 atom stereocenters. The van der Waals surface area contributed by atoms with Crippen LogP contribution in [0.2, 0.25) is 0 Å². The first-order valence-electron chi connectivity index (χ1n) is 6.53. The number of para-hydroxylation sites is 1. The van der Waals surface area contributed by atoms with Gasteiger partial charge in [-0.1, -0.05) is 18.2 Å². The Morgan fingerprint density at radius 1 is 0.955 bits per heavy atom. The molecule has 0 fully saturated rings. The lowest BCUT2D eigenvalue weighted by Crippen LogP contribution is -2.20. The second-order valence-corrected chi connectivity index (χ2v) is 4.50. The van der Waals surface area contributed by atoms with Crippen molar-refractivity contribution in [3.05, 3.63) is 54.1 Å². The molecule has 6 heteroatoms. The van der Waals surface area contributed by atoms with Gasteiger partial charge in [-0.2, -0.15) is 5.26 Å². The summed E-state index contributed by atoms with van der Waals surface area (Å²) in [6.45, 7) is 1.41. The SMILES string of the molecule is CC(=O)Nc1cccc(NC(=O)Nc2ccccc2C#N)c1. The number of nitrogens with one attached hydrogen (secondary N) is 3. The van der Waals surface area contributed by atoms with Crippen LogP contribution in [0, 0.1) is 11.3 Å². The van der Waals surface area contributed by atoms with Crippen LogP contribution < -0.4 is 16.0 Å². The van der Waals surface area contributed by atoms with E-state index >= 15 is 0 Å². The Balaban J connectivity index is 2.06. The zero-order valence-electron chi connectivity index (χ0n) is 11.9. The third-order valence-electron chi connectivity index (χ3n) is 2.74. The standard InChI is InChI=1S/C16H14N4O2/c1-11(21)18-13-6-4-7-14(9-13)19-16(22)20-15-8-3-2-5-12(15)10-17/h2-9H,1H3,(H,18,21)(H2,19,20,22). The minimum atomic E-state index is -0.470. The highest BCUT2D eigenvalue weighted by atomic mass is 16.2. The number of hydrogen-bond acceptors (Lipinski definition) is 3. The number of benzene rings is 2. The fraction of sp³-hybridized carbons (Fsp3) is 0.0625. The van der Waals surface area contributed by atoms with Crippen LogP contribution in [0.15, 0.2) is 48.5 Å². The molecule has 0 aliphatic carbocycles. The quantitative estimate of drug-likeness (QED) is 0.811. The number of carbonyl (C=O) groups is 2. The summed E-state index contributed by atoms with van der Waals surface area (Å²) in [5, 5.41) is 16.9. The summed E-state index contributed by atoms with van der Waals surface area (Å²) in [6.07, 6.45) is 0. The largest absolute Gasteiger partial charge is 0.326 e. The molecule has 3 amide bonds. The highest BCUT2D eigenvalue weighted by molar-refractivity contribution is 6.01. The number of carbonyl (C=O) groups excluding carboxylic acids is 2. The Kier molecular flexibility index (Phi) is 4.73. The van der Waals surface area contributed by atoms with Crippen molar-refractivity contribution < 1.29 is 9.59 Å². The molecule has 0 bridgehead atoms. The van der Waals surface area contributed by atoms with E-state index in [1.54, 1.807) is 48.5 Å². The number of nitrogens with zero attached hydrogens (tertiary/aromatic N) is 1. The minimum absolute atomic E-state index is 0.190. The van der Waals surface area contributed by atoms with Gasteiger partial charge >= 0.3 is 6.03 Å². The third kappa shape index (κ3) is 4.08. The topological polar surface area (TPSA) is 94.0 Å². The van der Waals surface area contributed by atoms with E-state index in [9.17, 15) is 9.59 Å². The molecule has 0 unspecified atom stereocenters. The van der Waals surface area contributed by atoms with Gasteiger partial charge in [0.05, 0.1) is 11.3 Å². The zero-order chi connectivity index (χ0) is 15.9. The molecular weight excluding hydrogens is 280 g/mol. The van der Waals surface area contributed by atoms with Crippen molar-refractivity contribution >= 4 is 29.0 Å². The van der Waals surface area contributed by atoms with Crippen molar-refractivity contribution in [1.29, 1.82) is 5.26 Å². The van der Waals surface area contributed by atoms with Gasteiger partial charge in [0.2, 0.25) is 5.91 Å². The predicted octanol–water partition coefficient (Wildman–Crippen LogP) is 3.16. The van der Waals surface area contributed by atoms with E-state index in [0.717, 1.165) is 0 Å². The maximum Gasteiger partial charge on any atom is 0.323 e. The van der Waals surface area contributed by atoms with Gasteiger partial charge in [-0.3, -0.25) is 4.79 Å². The van der Waals surface area contributed by atoms with Crippen molar-refractivity contribution in [2.24, 2.45) is 0 Å². The minimum Gasteiger partial charge on any atom is -0.326 e. The Bertz CT molecular complexity index is 750. The molecule has 3 N–H and O–H groups in total. The lowest BCUT2D eigenvalue weighted by Gasteiger charge is -2.10. The van der Waals surface area contributed by atoms with Crippen molar-refractivity contribution in [2.45, 2.75) is 6.92 Å². The van der Waals surface area contributed by atoms with E-state index < -0.39 is 6.03 Å². The molecule has 0 radical (unpaired) electrons. The summed E-state index contributed by atoms with van der Waals surface area (Å²) in [5.74, 6) is -0.190. The fourth-order valence-corrected chi connectivity index (χ4v) is 1.85. The highest BCUT2D eigenvalue weighted by Gasteiger charge is 2.06. The summed E-state index contributed by atoms with van der Waals surface area (Å²) in [7, 11) is 0. The molecular formula is C16H14N4O2. The molecule has 110 valence electrons. The molecule has 0 aromatic heterocycles. The molecule has 0 aliphatic heterocycles. The maximum absolute atomic E-state index is 12.0. The first-order valence-corrected chi connectivity index (χ1v) is 6.53. The second kappa shape index (κ2) is 6.90. The van der Waals surface area contributed by atoms with Crippen LogP contribution in [0.3, 0.4) is 0 Å². The van der Waals surface area contributed by atoms with Crippen LogP contribution in [0.4, 0.5) is 21.9 Å². The molecule has 6 nitrogen and oxygen atoms in total. The molecule has 0 spiro atoms. The van der Waals surface area contributed by atoms with E-state index in [-0.39, 0.29) is 5.91 Å². The van der Waals surface area contributed by atoms with E-state index in [2.05, 4.69) is 16.0 Å². The van der Waals surface area contributed by atoms with Crippen molar-refractivity contribution in [3.8, 4) is 6.07 Å². The number of urea groups is 1. The monoisotopic (exact) mass is 294 g/mol. The Morgan fingerprint density at radius 3 is 2.32 bits per heavy atom. The number of nitriles is 1. The van der Waals surface area contributed by atoms with Crippen LogP contribution in [-0.4, -0.2) is 11.9 Å². The van der Waals surface area contributed by atoms with Gasteiger partial charge in [0, 0.05) is 18.3 Å². The Morgan fingerprint density at radius 2 is 1.64 bits per heavy atom. The van der Waals surface area contributed by atoms with E-state index in [4.69, 9.17) is 5.26 Å². The first kappa shape index (κ1) is 15.1. The number of amides is 3. The molecule has 2 aromatic rings. The van der Waals surface area contributed by atoms with Crippen LogP contribution in [-0.2, 0) is 4.79 Å². The van der Waals surface area contributed by atoms with Crippen LogP contribution in [0.25, 0.3) is 0 Å². The highest BCUT2D eigenvalue weighted by Crippen LogP contribution is 2.17. The number of rotatable bonds is 3. The van der Waals surface area contributed by atoms with Crippen LogP contribution in [0.1, 0.15) is 12.5 Å². The van der Waals surface area contributed by atoms with Crippen molar-refractivity contribution in [3.63, 3.8) is 0 Å². The van der Waals surface area contributed by atoms with E-state index in [1.165, 1.54) is 6.92 Å². The third-order valence-corrected chi connectivity index (χ3v) is 2.74. The van der Waals surface area contributed by atoms with Gasteiger partial charge < -0.3 is 16.0 Å². The van der Waals surface area contributed by atoms with E-state index in [1.807, 2.05) is 6.07 Å². The maximum atomic E-state index is 12.0. The number of anilines is 3. The summed E-state index contributed by atoms with van der Waals surface area (Å²) < 4.78 is 0. The Labute approximate surface area is 127 Å². The van der Waals surface area contributed by atoms with E-state index in [0.29, 0.717) is 22.6 Å². The molecule has 0 heterocycles. The first-order chi connectivity index (χ1) is 10.6. The predicted molar refractivity (Wildman–Crippen MR) is 84.5 cm³/mol. The van der Waals surface area contributed by atoms with Gasteiger partial charge in [0.25, 0.3) is 0 Å². The van der Waals surface area contributed by atoms with Gasteiger partial charge in [-0.15, -0.1) is 0 Å². The molecule has 2 rings (SSSR count). The lowest BCUT2D eigenvalue weighted by atomic mass is 10.2. The van der Waals surface area contributed by atoms with Crippen LogP contribution >= 0.6 is 0 Å². The molecule has 2 aromatic carbocycles. The molecule has 0 saturated carbocycles. The normalized spacial score (nSPS) is 9.45. The second-order valence-electron chi connectivity index (χ2n) is 4.50. The Hall–Kier alpha value is -3.33. The lowest BCUT2D eigenvalue weighted by molar-refractivity contribution is -0.114. The smallest absolute Gasteiger partial charge is 0.323 e. The molecule has 22 heavy (non-hydrogen) atoms. The molecule has 0 aliphatic rings. The molecule has 0 saturated heterocycles. The average Bonchev–Trinajstić information content (AvgIpc) is 2.47. The average molecular weight is 294 g/mol. The van der Waals surface area contributed by atoms with Gasteiger partial charge in [0.1, 0.15) is 6.07 Å². The summed E-state index contributed by atoms with van der Waals surface area (Å²) in [4.78, 5) is 23.0.